The first-order valence-corrected chi connectivity index (χ1v) is 13.3. The summed E-state index contributed by atoms with van der Waals surface area (Å²) in [6, 6.07) is 9.74. The maximum Gasteiger partial charge on any atom is 0.243 e. The SMILES string of the molecule is CCCCNC(=O)C(C)N(Cc1ccc(Cl)c(Cl)c1)C(=O)CN(C)S(=O)(=O)c1ccc(Cl)cc1. The van der Waals surface area contributed by atoms with Crippen molar-refractivity contribution in [1.29, 1.82) is 0 Å². The lowest BCUT2D eigenvalue weighted by atomic mass is 10.1. The minimum atomic E-state index is -3.94. The van der Waals surface area contributed by atoms with Crippen molar-refractivity contribution in [3.05, 3.63) is 63.1 Å². The zero-order valence-corrected chi connectivity index (χ0v) is 22.3. The lowest BCUT2D eigenvalue weighted by Gasteiger charge is -2.30. The summed E-state index contributed by atoms with van der Waals surface area (Å²) in [4.78, 5) is 27.3. The third-order valence-corrected chi connectivity index (χ3v) is 8.02. The number of hydrogen-bond acceptors (Lipinski definition) is 4. The molecule has 0 saturated carbocycles. The number of nitrogens with zero attached hydrogens (tertiary/aromatic N) is 2. The number of sulfonamides is 1. The molecule has 0 aliphatic carbocycles. The van der Waals surface area contributed by atoms with Crippen molar-refractivity contribution in [3.8, 4) is 0 Å². The van der Waals surface area contributed by atoms with Crippen LogP contribution in [0.4, 0.5) is 0 Å². The predicted octanol–water partition coefficient (Wildman–Crippen LogP) is 4.60. The molecule has 1 unspecified atom stereocenters. The van der Waals surface area contributed by atoms with Crippen LogP contribution in [0.5, 0.6) is 0 Å². The summed E-state index contributed by atoms with van der Waals surface area (Å²) in [5.74, 6) is -0.866. The number of halogens is 3. The molecule has 1 atom stereocenters. The quantitative estimate of drug-likeness (QED) is 0.416. The van der Waals surface area contributed by atoms with Gasteiger partial charge in [-0.05, 0) is 55.3 Å². The smallest absolute Gasteiger partial charge is 0.243 e. The largest absolute Gasteiger partial charge is 0.354 e. The van der Waals surface area contributed by atoms with Gasteiger partial charge in [0.2, 0.25) is 21.8 Å². The van der Waals surface area contributed by atoms with E-state index in [1.54, 1.807) is 25.1 Å². The Hall–Kier alpha value is -1.84. The monoisotopic (exact) mass is 547 g/mol. The number of nitrogens with one attached hydrogen (secondary N) is 1. The Morgan fingerprint density at radius 2 is 1.68 bits per heavy atom. The minimum Gasteiger partial charge on any atom is -0.354 e. The van der Waals surface area contributed by atoms with E-state index in [1.807, 2.05) is 6.92 Å². The van der Waals surface area contributed by atoms with Crippen molar-refractivity contribution in [2.24, 2.45) is 0 Å². The van der Waals surface area contributed by atoms with Gasteiger partial charge in [0.05, 0.1) is 21.5 Å². The molecule has 0 aliphatic rings. The molecule has 7 nitrogen and oxygen atoms in total. The normalized spacial score (nSPS) is 12.4. The highest BCUT2D eigenvalue weighted by atomic mass is 35.5. The molecule has 186 valence electrons. The summed E-state index contributed by atoms with van der Waals surface area (Å²) < 4.78 is 26.8. The fraction of sp³-hybridized carbons (Fsp3) is 0.391. The van der Waals surface area contributed by atoms with Gasteiger partial charge in [-0.15, -0.1) is 0 Å². The fourth-order valence-electron chi connectivity index (χ4n) is 3.11. The highest BCUT2D eigenvalue weighted by Crippen LogP contribution is 2.24. The Morgan fingerprint density at radius 3 is 2.26 bits per heavy atom. The van der Waals surface area contributed by atoms with Crippen LogP contribution in [0.15, 0.2) is 47.4 Å². The molecular formula is C23H28Cl3N3O4S. The minimum absolute atomic E-state index is 0.00795. The van der Waals surface area contributed by atoms with Gasteiger partial charge in [-0.3, -0.25) is 9.59 Å². The van der Waals surface area contributed by atoms with Crippen LogP contribution in [0, 0.1) is 0 Å². The van der Waals surface area contributed by atoms with E-state index in [0.29, 0.717) is 27.2 Å². The summed E-state index contributed by atoms with van der Waals surface area (Å²) in [5.41, 5.74) is 0.652. The molecule has 0 heterocycles. The van der Waals surface area contributed by atoms with Gasteiger partial charge in [-0.2, -0.15) is 4.31 Å². The fourth-order valence-corrected chi connectivity index (χ4v) is 4.67. The summed E-state index contributed by atoms with van der Waals surface area (Å²) in [5, 5.41) is 3.89. The Bertz CT molecular complexity index is 1110. The summed E-state index contributed by atoms with van der Waals surface area (Å²) in [7, 11) is -2.63. The molecule has 0 fully saturated rings. The van der Waals surface area contributed by atoms with Crippen LogP contribution in [0.3, 0.4) is 0 Å². The Kier molecular flexibility index (Phi) is 10.6. The zero-order chi connectivity index (χ0) is 25.5. The number of benzene rings is 2. The molecule has 2 aromatic rings. The van der Waals surface area contributed by atoms with Crippen molar-refractivity contribution in [3.63, 3.8) is 0 Å². The lowest BCUT2D eigenvalue weighted by Crippen LogP contribution is -2.50. The Morgan fingerprint density at radius 1 is 1.03 bits per heavy atom. The van der Waals surface area contributed by atoms with Gasteiger partial charge < -0.3 is 10.2 Å². The number of amides is 2. The van der Waals surface area contributed by atoms with Crippen molar-refractivity contribution in [2.45, 2.75) is 44.2 Å². The summed E-state index contributed by atoms with van der Waals surface area (Å²) in [6.45, 7) is 3.68. The highest BCUT2D eigenvalue weighted by Gasteiger charge is 2.30. The van der Waals surface area contributed by atoms with E-state index in [-0.39, 0.29) is 17.3 Å². The molecule has 0 spiro atoms. The van der Waals surface area contributed by atoms with E-state index < -0.39 is 28.5 Å². The molecule has 0 bridgehead atoms. The second-order valence-corrected chi connectivity index (χ2v) is 11.1. The second kappa shape index (κ2) is 12.7. The molecule has 1 N–H and O–H groups in total. The number of carbonyl (C=O) groups is 2. The predicted molar refractivity (Wildman–Crippen MR) is 136 cm³/mol. The van der Waals surface area contributed by atoms with Crippen molar-refractivity contribution < 1.29 is 18.0 Å². The second-order valence-electron chi connectivity index (χ2n) is 7.81. The Labute approximate surface area is 216 Å². The topological polar surface area (TPSA) is 86.8 Å². The van der Waals surface area contributed by atoms with Gasteiger partial charge in [-0.1, -0.05) is 54.2 Å². The summed E-state index contributed by atoms with van der Waals surface area (Å²) in [6.07, 6.45) is 1.72. The first kappa shape index (κ1) is 28.4. The molecule has 0 aliphatic heterocycles. The number of hydrogen-bond donors (Lipinski definition) is 1. The zero-order valence-electron chi connectivity index (χ0n) is 19.2. The van der Waals surface area contributed by atoms with Crippen LogP contribution < -0.4 is 5.32 Å². The van der Waals surface area contributed by atoms with E-state index in [0.717, 1.165) is 17.1 Å². The molecule has 0 saturated heterocycles. The molecule has 2 amide bonds. The highest BCUT2D eigenvalue weighted by molar-refractivity contribution is 7.89. The van der Waals surface area contributed by atoms with Crippen LogP contribution in [-0.4, -0.2) is 55.6 Å². The third kappa shape index (κ3) is 7.58. The standard InChI is InChI=1S/C23H28Cl3N3O4S/c1-4-5-12-27-23(31)16(2)29(14-17-6-11-20(25)21(26)13-17)22(30)15-28(3)34(32,33)19-9-7-18(24)8-10-19/h6-11,13,16H,4-5,12,14-15H2,1-3H3,(H,27,31). The molecule has 34 heavy (non-hydrogen) atoms. The van der Waals surface area contributed by atoms with E-state index >= 15 is 0 Å². The number of rotatable bonds is 11. The van der Waals surface area contributed by atoms with Crippen LogP contribution >= 0.6 is 34.8 Å². The van der Waals surface area contributed by atoms with Gasteiger partial charge in [-0.25, -0.2) is 8.42 Å². The number of carbonyl (C=O) groups excluding carboxylic acids is 2. The average molecular weight is 549 g/mol. The van der Waals surface area contributed by atoms with Gasteiger partial charge in [0, 0.05) is 25.2 Å². The third-order valence-electron chi connectivity index (χ3n) is 5.21. The molecule has 2 rings (SSSR count). The molecular weight excluding hydrogens is 521 g/mol. The van der Waals surface area contributed by atoms with E-state index in [9.17, 15) is 18.0 Å². The summed E-state index contributed by atoms with van der Waals surface area (Å²) >= 11 is 18.0. The maximum absolute atomic E-state index is 13.3. The van der Waals surface area contributed by atoms with Crippen molar-refractivity contribution in [2.75, 3.05) is 20.1 Å². The van der Waals surface area contributed by atoms with Gasteiger partial charge in [0.15, 0.2) is 0 Å². The van der Waals surface area contributed by atoms with Gasteiger partial charge >= 0.3 is 0 Å². The number of likely N-dealkylation sites (N-methyl/N-ethyl adjacent to an activating group) is 1. The first-order valence-electron chi connectivity index (χ1n) is 10.7. The molecule has 0 aromatic heterocycles. The first-order chi connectivity index (χ1) is 16.0. The van der Waals surface area contributed by atoms with Crippen LogP contribution in [0.2, 0.25) is 15.1 Å². The van der Waals surface area contributed by atoms with Crippen LogP contribution in [0.1, 0.15) is 32.3 Å². The lowest BCUT2D eigenvalue weighted by molar-refractivity contribution is -0.140. The average Bonchev–Trinajstić information content (AvgIpc) is 2.79. The van der Waals surface area contributed by atoms with Gasteiger partial charge in [0.1, 0.15) is 6.04 Å². The van der Waals surface area contributed by atoms with Crippen LogP contribution in [0.25, 0.3) is 0 Å². The van der Waals surface area contributed by atoms with Crippen molar-refractivity contribution in [1.82, 2.24) is 14.5 Å². The maximum atomic E-state index is 13.3. The van der Waals surface area contributed by atoms with E-state index in [2.05, 4.69) is 5.32 Å². The van der Waals surface area contributed by atoms with E-state index in [4.69, 9.17) is 34.8 Å². The number of unbranched alkanes of at least 4 members (excludes halogenated alkanes) is 1. The van der Waals surface area contributed by atoms with Gasteiger partial charge in [0.25, 0.3) is 0 Å². The van der Waals surface area contributed by atoms with Crippen molar-refractivity contribution >= 4 is 56.6 Å². The molecule has 2 aromatic carbocycles. The molecule has 0 radical (unpaired) electrons. The molecule has 11 heteroatoms. The van der Waals surface area contributed by atoms with E-state index in [1.165, 1.54) is 36.2 Å². The Balaban J connectivity index is 2.26. The van der Waals surface area contributed by atoms with Crippen LogP contribution in [-0.2, 0) is 26.2 Å².